The lowest BCUT2D eigenvalue weighted by molar-refractivity contribution is 0.408. The van der Waals surface area contributed by atoms with Crippen LogP contribution in [0, 0.1) is 11.8 Å². The summed E-state index contributed by atoms with van der Waals surface area (Å²) in [5.74, 6) is 2.69. The van der Waals surface area contributed by atoms with Gasteiger partial charge in [-0.25, -0.2) is 0 Å². The van der Waals surface area contributed by atoms with E-state index >= 15 is 0 Å². The van der Waals surface area contributed by atoms with Gasteiger partial charge in [0.2, 0.25) is 0 Å². The molecule has 0 radical (unpaired) electrons. The maximum atomic E-state index is 2.34. The fourth-order valence-electron chi connectivity index (χ4n) is 6.89. The first-order chi connectivity index (χ1) is 18.7. The van der Waals surface area contributed by atoms with Gasteiger partial charge in [0.25, 0.3) is 0 Å². The van der Waals surface area contributed by atoms with Gasteiger partial charge in [-0.3, -0.25) is 0 Å². The summed E-state index contributed by atoms with van der Waals surface area (Å²) in [6, 6.07) is 35.8. The Morgan fingerprint density at radius 1 is 0.500 bits per heavy atom. The second-order valence-electron chi connectivity index (χ2n) is 10.8. The Morgan fingerprint density at radius 3 is 1.34 bits per heavy atom. The summed E-state index contributed by atoms with van der Waals surface area (Å²) in [5, 5.41) is 0. The Morgan fingerprint density at radius 2 is 0.895 bits per heavy atom. The van der Waals surface area contributed by atoms with E-state index < -0.39 is 0 Å². The maximum Gasteiger partial charge on any atom is 0.0160 e. The summed E-state index contributed by atoms with van der Waals surface area (Å²) >= 11 is 1.93. The van der Waals surface area contributed by atoms with Crippen molar-refractivity contribution in [3.63, 3.8) is 0 Å². The molecule has 0 N–H and O–H groups in total. The molecule has 0 saturated carbocycles. The minimum absolute atomic E-state index is 0.577. The number of benzene rings is 4. The summed E-state index contributed by atoms with van der Waals surface area (Å²) in [7, 11) is 0. The molecule has 0 spiro atoms. The monoisotopic (exact) mass is 518 g/mol. The zero-order valence-electron chi connectivity index (χ0n) is 23.5. The number of rotatable bonds is 7. The first-order valence-corrected chi connectivity index (χ1v) is 15.6. The van der Waals surface area contributed by atoms with E-state index in [0.29, 0.717) is 11.8 Å². The van der Waals surface area contributed by atoms with E-state index in [0.717, 1.165) is 11.8 Å². The molecule has 1 atom stereocenters. The smallest absolute Gasteiger partial charge is 0.0160 e. The van der Waals surface area contributed by atoms with Crippen molar-refractivity contribution in [2.75, 3.05) is 0 Å². The van der Waals surface area contributed by atoms with Crippen LogP contribution >= 0.6 is 11.8 Å². The van der Waals surface area contributed by atoms with Crippen molar-refractivity contribution in [3.05, 3.63) is 119 Å². The van der Waals surface area contributed by atoms with Crippen molar-refractivity contribution in [2.45, 2.75) is 81.4 Å². The Balaban J connectivity index is 0.000000156. The van der Waals surface area contributed by atoms with Crippen LogP contribution in [0.2, 0.25) is 0 Å². The van der Waals surface area contributed by atoms with E-state index in [-0.39, 0.29) is 0 Å². The van der Waals surface area contributed by atoms with Crippen molar-refractivity contribution in [1.82, 2.24) is 0 Å². The zero-order valence-corrected chi connectivity index (χ0v) is 24.3. The third-order valence-corrected chi connectivity index (χ3v) is 9.97. The highest BCUT2D eigenvalue weighted by Crippen LogP contribution is 2.51. The Bertz CT molecular complexity index is 1260. The summed E-state index contributed by atoms with van der Waals surface area (Å²) in [4.78, 5) is 2.90. The first kappa shape index (κ1) is 26.8. The van der Waals surface area contributed by atoms with Crippen LogP contribution < -0.4 is 0 Å². The van der Waals surface area contributed by atoms with Crippen molar-refractivity contribution in [2.24, 2.45) is 11.8 Å². The average molecular weight is 519 g/mol. The Kier molecular flexibility index (Phi) is 8.75. The minimum Gasteiger partial charge on any atom is -0.0895 e. The molecule has 1 heteroatoms. The van der Waals surface area contributed by atoms with Crippen LogP contribution in [-0.4, -0.2) is 0 Å². The molecule has 1 aliphatic heterocycles. The van der Waals surface area contributed by atoms with E-state index in [1.54, 1.807) is 0 Å². The van der Waals surface area contributed by atoms with E-state index in [2.05, 4.69) is 125 Å². The lowest BCUT2D eigenvalue weighted by Crippen LogP contribution is -2.17. The molecule has 0 aromatic heterocycles. The molecule has 0 saturated heterocycles. The average Bonchev–Trinajstić information content (AvgIpc) is 3.30. The molecule has 4 aromatic rings. The van der Waals surface area contributed by atoms with Gasteiger partial charge >= 0.3 is 0 Å². The molecular formula is C37H42S. The van der Waals surface area contributed by atoms with E-state index in [1.807, 2.05) is 11.8 Å². The summed E-state index contributed by atoms with van der Waals surface area (Å²) < 4.78 is 0. The summed E-state index contributed by atoms with van der Waals surface area (Å²) in [5.41, 5.74) is 9.04. The molecule has 0 nitrogen and oxygen atoms in total. The molecule has 6 rings (SSSR count). The molecule has 1 heterocycles. The highest BCUT2D eigenvalue weighted by Gasteiger charge is 2.32. The summed E-state index contributed by atoms with van der Waals surface area (Å²) in [6.07, 6.45) is 6.35. The van der Waals surface area contributed by atoms with Crippen LogP contribution in [0.1, 0.15) is 93.9 Å². The first-order valence-electron chi connectivity index (χ1n) is 14.8. The van der Waals surface area contributed by atoms with Crippen LogP contribution in [0.25, 0.3) is 11.1 Å². The summed E-state index contributed by atoms with van der Waals surface area (Å²) in [6.45, 7) is 9.28. The lowest BCUT2D eigenvalue weighted by Gasteiger charge is -2.33. The van der Waals surface area contributed by atoms with Gasteiger partial charge < -0.3 is 0 Å². The molecule has 2 aliphatic rings. The van der Waals surface area contributed by atoms with Crippen LogP contribution in [0.15, 0.2) is 107 Å². The molecule has 0 fully saturated rings. The number of fused-ring (bicyclic) bond motifs is 5. The van der Waals surface area contributed by atoms with Gasteiger partial charge in [-0.2, -0.15) is 0 Å². The van der Waals surface area contributed by atoms with E-state index in [4.69, 9.17) is 0 Å². The van der Waals surface area contributed by atoms with Gasteiger partial charge in [0.1, 0.15) is 0 Å². The molecule has 4 aromatic carbocycles. The zero-order chi connectivity index (χ0) is 26.5. The molecule has 38 heavy (non-hydrogen) atoms. The van der Waals surface area contributed by atoms with Gasteiger partial charge in [-0.05, 0) is 63.8 Å². The van der Waals surface area contributed by atoms with Crippen molar-refractivity contribution >= 4 is 11.8 Å². The minimum atomic E-state index is 0.577. The number of hydrogen-bond donors (Lipinski definition) is 0. The lowest BCUT2D eigenvalue weighted by atomic mass is 9.77. The third kappa shape index (κ3) is 5.10. The third-order valence-electron chi connectivity index (χ3n) is 8.79. The normalized spacial score (nSPS) is 14.7. The maximum absolute atomic E-state index is 2.34. The molecule has 1 unspecified atom stereocenters. The standard InChI is InChI=1S/C19H22S.C18H20/c1-3-9-14(4-2)19-15-10-5-7-12-17(15)20-18-13-8-6-11-16(18)19;1-3-13(4-2)18-16-11-7-5-9-14(16)15-10-6-8-12-17(15)18/h5-8,10-14,19H,3-4,9H2,1-2H3;5-13,18H,3-4H2,1-2H3. The van der Waals surface area contributed by atoms with Crippen LogP contribution in [-0.2, 0) is 0 Å². The SMILES string of the molecule is CCC(CC)C1c2ccccc2-c2ccccc21.CCCC(CC)C1c2ccccc2Sc2ccccc21. The van der Waals surface area contributed by atoms with Crippen LogP contribution in [0.4, 0.5) is 0 Å². The topological polar surface area (TPSA) is 0 Å². The van der Waals surface area contributed by atoms with E-state index in [9.17, 15) is 0 Å². The fourth-order valence-corrected chi connectivity index (χ4v) is 8.05. The Hall–Kier alpha value is -2.77. The molecular weight excluding hydrogens is 476 g/mol. The van der Waals surface area contributed by atoms with Crippen molar-refractivity contribution < 1.29 is 0 Å². The van der Waals surface area contributed by atoms with Gasteiger partial charge in [0.15, 0.2) is 0 Å². The highest BCUT2D eigenvalue weighted by molar-refractivity contribution is 7.99. The van der Waals surface area contributed by atoms with Crippen molar-refractivity contribution in [3.8, 4) is 11.1 Å². The predicted octanol–water partition coefficient (Wildman–Crippen LogP) is 11.3. The highest BCUT2D eigenvalue weighted by atomic mass is 32.2. The fraction of sp³-hybridized carbons (Fsp3) is 0.351. The van der Waals surface area contributed by atoms with Crippen molar-refractivity contribution in [1.29, 1.82) is 0 Å². The van der Waals surface area contributed by atoms with Crippen LogP contribution in [0.3, 0.4) is 0 Å². The molecule has 1 aliphatic carbocycles. The number of hydrogen-bond acceptors (Lipinski definition) is 1. The Labute approximate surface area is 234 Å². The van der Waals surface area contributed by atoms with Gasteiger partial charge in [0, 0.05) is 21.6 Å². The second kappa shape index (κ2) is 12.4. The van der Waals surface area contributed by atoms with Crippen LogP contribution in [0.5, 0.6) is 0 Å². The van der Waals surface area contributed by atoms with Gasteiger partial charge in [-0.1, -0.05) is 150 Å². The second-order valence-corrected chi connectivity index (χ2v) is 11.9. The van der Waals surface area contributed by atoms with Gasteiger partial charge in [-0.15, -0.1) is 0 Å². The largest absolute Gasteiger partial charge is 0.0895 e. The predicted molar refractivity (Wildman–Crippen MR) is 165 cm³/mol. The molecule has 0 bridgehead atoms. The van der Waals surface area contributed by atoms with Gasteiger partial charge in [0.05, 0.1) is 0 Å². The molecule has 196 valence electrons. The quantitative estimate of drug-likeness (QED) is 0.234. The molecule has 0 amide bonds. The van der Waals surface area contributed by atoms with E-state index in [1.165, 1.54) is 75.3 Å².